The van der Waals surface area contributed by atoms with Crippen LogP contribution in [0.5, 0.6) is 0 Å². The van der Waals surface area contributed by atoms with Gasteiger partial charge < -0.3 is 5.32 Å². The summed E-state index contributed by atoms with van der Waals surface area (Å²) < 4.78 is 1.28. The molecular weight excluding hydrogens is 294 g/mol. The van der Waals surface area contributed by atoms with E-state index in [-0.39, 0.29) is 0 Å². The van der Waals surface area contributed by atoms with Crippen molar-refractivity contribution in [1.82, 2.24) is 5.32 Å². The molecule has 1 nitrogen and oxygen atoms in total. The second-order valence-corrected chi connectivity index (χ2v) is 7.72. The van der Waals surface area contributed by atoms with E-state index in [1.54, 1.807) is 0 Å². The van der Waals surface area contributed by atoms with E-state index in [4.69, 9.17) is 0 Å². The molecule has 3 atom stereocenters. The van der Waals surface area contributed by atoms with Crippen molar-refractivity contribution < 1.29 is 0 Å². The van der Waals surface area contributed by atoms with E-state index in [0.29, 0.717) is 6.04 Å². The zero-order valence-corrected chi connectivity index (χ0v) is 12.9. The number of rotatable bonds is 4. The first kappa shape index (κ1) is 12.2. The van der Waals surface area contributed by atoms with Gasteiger partial charge in [0, 0.05) is 20.3 Å². The normalized spacial score (nSPS) is 32.5. The molecule has 0 aromatic carbocycles. The zero-order valence-electron chi connectivity index (χ0n) is 10.5. The molecule has 0 aliphatic heterocycles. The van der Waals surface area contributed by atoms with Crippen LogP contribution in [0, 0.1) is 24.7 Å². The van der Waals surface area contributed by atoms with E-state index in [1.807, 2.05) is 11.3 Å². The number of hydrogen-bond donors (Lipinski definition) is 1. The Balaban J connectivity index is 1.79. The molecule has 94 valence electrons. The Morgan fingerprint density at radius 3 is 2.65 bits per heavy atom. The number of halogens is 1. The summed E-state index contributed by atoms with van der Waals surface area (Å²) in [6.45, 7) is 5.50. The minimum atomic E-state index is 0.600. The standard InChI is InChI=1S/C14H20BrNS/c1-3-16-14(11-5-9-4-10(9)6-11)13-7-12(15)8(2)17-13/h7,9-11,14,16H,3-6H2,1-2H3. The van der Waals surface area contributed by atoms with Gasteiger partial charge in [0.15, 0.2) is 0 Å². The van der Waals surface area contributed by atoms with Crippen molar-refractivity contribution in [3.63, 3.8) is 0 Å². The zero-order chi connectivity index (χ0) is 12.0. The summed E-state index contributed by atoms with van der Waals surface area (Å²) in [7, 11) is 0. The highest BCUT2D eigenvalue weighted by molar-refractivity contribution is 9.10. The van der Waals surface area contributed by atoms with Crippen molar-refractivity contribution in [2.24, 2.45) is 17.8 Å². The molecule has 3 unspecified atom stereocenters. The van der Waals surface area contributed by atoms with Crippen LogP contribution >= 0.6 is 27.3 Å². The maximum atomic E-state index is 3.71. The van der Waals surface area contributed by atoms with Crippen molar-refractivity contribution >= 4 is 27.3 Å². The van der Waals surface area contributed by atoms with Gasteiger partial charge in [0.25, 0.3) is 0 Å². The maximum absolute atomic E-state index is 3.71. The molecule has 3 heteroatoms. The van der Waals surface area contributed by atoms with Gasteiger partial charge in [0.05, 0.1) is 0 Å². The number of aryl methyl sites for hydroxylation is 1. The predicted octanol–water partition coefficient (Wildman–Crippen LogP) is 4.52. The van der Waals surface area contributed by atoms with E-state index in [2.05, 4.69) is 41.2 Å². The van der Waals surface area contributed by atoms with E-state index in [0.717, 1.165) is 24.3 Å². The third-order valence-electron chi connectivity index (χ3n) is 4.36. The van der Waals surface area contributed by atoms with Crippen molar-refractivity contribution in [3.8, 4) is 0 Å². The highest BCUT2D eigenvalue weighted by Crippen LogP contribution is 2.57. The van der Waals surface area contributed by atoms with Gasteiger partial charge in [-0.05, 0) is 72.5 Å². The first-order valence-electron chi connectivity index (χ1n) is 6.68. The Labute approximate surface area is 116 Å². The first-order chi connectivity index (χ1) is 8.19. The Morgan fingerprint density at radius 1 is 1.41 bits per heavy atom. The monoisotopic (exact) mass is 313 g/mol. The predicted molar refractivity (Wildman–Crippen MR) is 77.5 cm³/mol. The molecule has 0 radical (unpaired) electrons. The molecule has 2 aliphatic carbocycles. The second kappa shape index (κ2) is 4.67. The fourth-order valence-corrected chi connectivity index (χ4v) is 5.12. The summed E-state index contributed by atoms with van der Waals surface area (Å²) >= 11 is 5.60. The third-order valence-corrected chi connectivity index (χ3v) is 6.58. The van der Waals surface area contributed by atoms with Gasteiger partial charge in [-0.1, -0.05) is 6.92 Å². The van der Waals surface area contributed by atoms with Crippen LogP contribution < -0.4 is 5.32 Å². The number of thiophene rings is 1. The van der Waals surface area contributed by atoms with Crippen LogP contribution in [0.15, 0.2) is 10.5 Å². The Morgan fingerprint density at radius 2 is 2.12 bits per heavy atom. The molecule has 1 heterocycles. The molecule has 2 fully saturated rings. The van der Waals surface area contributed by atoms with Crippen molar-refractivity contribution in [2.75, 3.05) is 6.54 Å². The van der Waals surface area contributed by atoms with Gasteiger partial charge in [0.2, 0.25) is 0 Å². The molecule has 17 heavy (non-hydrogen) atoms. The van der Waals surface area contributed by atoms with Crippen molar-refractivity contribution in [1.29, 1.82) is 0 Å². The maximum Gasteiger partial charge on any atom is 0.0444 e. The smallest absolute Gasteiger partial charge is 0.0444 e. The lowest BCUT2D eigenvalue weighted by Gasteiger charge is -2.24. The van der Waals surface area contributed by atoms with E-state index in [9.17, 15) is 0 Å². The van der Waals surface area contributed by atoms with Gasteiger partial charge in [-0.2, -0.15) is 0 Å². The van der Waals surface area contributed by atoms with Gasteiger partial charge >= 0.3 is 0 Å². The van der Waals surface area contributed by atoms with E-state index >= 15 is 0 Å². The summed E-state index contributed by atoms with van der Waals surface area (Å²) in [6, 6.07) is 2.93. The lowest BCUT2D eigenvalue weighted by atomic mass is 9.93. The topological polar surface area (TPSA) is 12.0 Å². The number of fused-ring (bicyclic) bond motifs is 1. The Hall–Kier alpha value is 0.140. The molecule has 0 saturated heterocycles. The number of nitrogens with one attached hydrogen (secondary N) is 1. The van der Waals surface area contributed by atoms with Gasteiger partial charge in [-0.25, -0.2) is 0 Å². The summed E-state index contributed by atoms with van der Waals surface area (Å²) in [6.07, 6.45) is 4.43. The quantitative estimate of drug-likeness (QED) is 0.862. The Kier molecular flexibility index (Phi) is 3.35. The first-order valence-corrected chi connectivity index (χ1v) is 8.29. The molecular formula is C14H20BrNS. The lowest BCUT2D eigenvalue weighted by Crippen LogP contribution is -2.26. The van der Waals surface area contributed by atoms with Crippen LogP contribution in [0.4, 0.5) is 0 Å². The second-order valence-electron chi connectivity index (χ2n) is 5.58. The molecule has 3 rings (SSSR count). The average Bonchev–Trinajstić information content (AvgIpc) is 2.76. The summed E-state index contributed by atoms with van der Waals surface area (Å²) in [4.78, 5) is 2.94. The largest absolute Gasteiger partial charge is 0.309 e. The van der Waals surface area contributed by atoms with Crippen LogP contribution in [-0.4, -0.2) is 6.54 Å². The minimum Gasteiger partial charge on any atom is -0.309 e. The van der Waals surface area contributed by atoms with Crippen LogP contribution in [0.25, 0.3) is 0 Å². The summed E-state index contributed by atoms with van der Waals surface area (Å²) in [5, 5.41) is 3.71. The average molecular weight is 314 g/mol. The molecule has 0 amide bonds. The van der Waals surface area contributed by atoms with Crippen molar-refractivity contribution in [2.45, 2.75) is 39.2 Å². The van der Waals surface area contributed by atoms with Crippen LogP contribution in [0.2, 0.25) is 0 Å². The molecule has 1 aromatic rings. The van der Waals surface area contributed by atoms with Gasteiger partial charge in [0.1, 0.15) is 0 Å². The van der Waals surface area contributed by atoms with Gasteiger partial charge in [-0.15, -0.1) is 11.3 Å². The molecule has 1 N–H and O–H groups in total. The fraction of sp³-hybridized carbons (Fsp3) is 0.714. The fourth-order valence-electron chi connectivity index (χ4n) is 3.39. The van der Waals surface area contributed by atoms with Crippen LogP contribution in [0.3, 0.4) is 0 Å². The molecule has 2 saturated carbocycles. The summed E-state index contributed by atoms with van der Waals surface area (Å²) in [5.41, 5.74) is 0. The lowest BCUT2D eigenvalue weighted by molar-refractivity contribution is 0.351. The SMILES string of the molecule is CCNC(c1cc(Br)c(C)s1)C1CC2CC2C1. The van der Waals surface area contributed by atoms with Crippen molar-refractivity contribution in [3.05, 3.63) is 20.3 Å². The van der Waals surface area contributed by atoms with Gasteiger partial charge in [-0.3, -0.25) is 0 Å². The third kappa shape index (κ3) is 2.34. The molecule has 2 aliphatic rings. The van der Waals surface area contributed by atoms with E-state index < -0.39 is 0 Å². The highest BCUT2D eigenvalue weighted by atomic mass is 79.9. The summed E-state index contributed by atoms with van der Waals surface area (Å²) in [5.74, 6) is 3.03. The Bertz CT molecular complexity index is 385. The minimum absolute atomic E-state index is 0.600. The van der Waals surface area contributed by atoms with Crippen LogP contribution in [-0.2, 0) is 0 Å². The van der Waals surface area contributed by atoms with E-state index in [1.165, 1.54) is 33.5 Å². The number of hydrogen-bond acceptors (Lipinski definition) is 2. The highest BCUT2D eigenvalue weighted by Gasteiger charge is 2.48. The molecule has 0 bridgehead atoms. The molecule has 1 aromatic heterocycles. The van der Waals surface area contributed by atoms with Crippen LogP contribution in [0.1, 0.15) is 42.0 Å². The molecule has 0 spiro atoms.